The van der Waals surface area contributed by atoms with E-state index < -0.39 is 0 Å². The van der Waals surface area contributed by atoms with Gasteiger partial charge in [0, 0.05) is 31.4 Å². The summed E-state index contributed by atoms with van der Waals surface area (Å²) in [4.78, 5) is 14.3. The molecule has 20 heavy (non-hydrogen) atoms. The first kappa shape index (κ1) is 14.1. The molecule has 3 nitrogen and oxygen atoms in total. The van der Waals surface area contributed by atoms with E-state index in [0.29, 0.717) is 12.1 Å². The predicted octanol–water partition coefficient (Wildman–Crippen LogP) is 3.07. The zero-order valence-electron chi connectivity index (χ0n) is 12.0. The summed E-state index contributed by atoms with van der Waals surface area (Å²) in [6.45, 7) is 3.55. The molecule has 0 fully saturated rings. The summed E-state index contributed by atoms with van der Waals surface area (Å²) in [6.07, 6.45) is 0. The van der Waals surface area contributed by atoms with E-state index in [1.165, 1.54) is 0 Å². The number of nitrogens with one attached hydrogen (secondary N) is 1. The fraction of sp³-hybridized carbons (Fsp3) is 0.235. The molecule has 0 aliphatic heterocycles. The van der Waals surface area contributed by atoms with Crippen LogP contribution in [0.5, 0.6) is 0 Å². The molecule has 1 N–H and O–H groups in total. The molecule has 0 saturated heterocycles. The molecule has 0 aliphatic carbocycles. The van der Waals surface area contributed by atoms with Crippen molar-refractivity contribution in [3.05, 3.63) is 65.7 Å². The van der Waals surface area contributed by atoms with Crippen molar-refractivity contribution in [2.24, 2.45) is 0 Å². The van der Waals surface area contributed by atoms with E-state index in [1.54, 1.807) is 0 Å². The predicted molar refractivity (Wildman–Crippen MR) is 83.0 cm³/mol. The third-order valence-electron chi connectivity index (χ3n) is 3.32. The molecule has 0 heterocycles. The van der Waals surface area contributed by atoms with Gasteiger partial charge in [-0.2, -0.15) is 0 Å². The van der Waals surface area contributed by atoms with Gasteiger partial charge in [-0.05, 0) is 30.7 Å². The molecule has 0 aromatic heterocycles. The van der Waals surface area contributed by atoms with Gasteiger partial charge < -0.3 is 10.2 Å². The minimum atomic E-state index is -0.0415. The van der Waals surface area contributed by atoms with Gasteiger partial charge in [0.25, 0.3) is 5.91 Å². The van der Waals surface area contributed by atoms with Crippen molar-refractivity contribution in [2.45, 2.75) is 13.5 Å². The largest absolute Gasteiger partial charge is 0.375 e. The van der Waals surface area contributed by atoms with Gasteiger partial charge in [-0.1, -0.05) is 36.4 Å². The lowest BCUT2D eigenvalue weighted by Crippen LogP contribution is -2.23. The molecule has 2 rings (SSSR count). The van der Waals surface area contributed by atoms with Crippen LogP contribution in [0.3, 0.4) is 0 Å². The number of carbonyl (C=O) groups is 1. The Balaban J connectivity index is 2.02. The monoisotopic (exact) mass is 268 g/mol. The van der Waals surface area contributed by atoms with Gasteiger partial charge in [-0.3, -0.25) is 4.79 Å². The lowest BCUT2D eigenvalue weighted by atomic mass is 10.1. The molecule has 104 valence electrons. The van der Waals surface area contributed by atoms with E-state index >= 15 is 0 Å². The topological polar surface area (TPSA) is 32.3 Å². The maximum absolute atomic E-state index is 12.2. The third-order valence-corrected chi connectivity index (χ3v) is 3.32. The van der Waals surface area contributed by atoms with Crippen molar-refractivity contribution in [3.63, 3.8) is 0 Å². The first-order valence-corrected chi connectivity index (χ1v) is 6.84. The zero-order chi connectivity index (χ0) is 14.4. The Kier molecular flexibility index (Phi) is 4.77. The molecule has 2 aromatic carbocycles. The summed E-state index contributed by atoms with van der Waals surface area (Å²) in [5.74, 6) is -0.0415. The number of carbonyl (C=O) groups excluding carboxylic acids is 1. The minimum absolute atomic E-state index is 0.0415. The number of anilines is 1. The maximum Gasteiger partial charge on any atom is 0.251 e. The first-order valence-electron chi connectivity index (χ1n) is 6.84. The Bertz CT molecular complexity index is 566. The Labute approximate surface area is 120 Å². The normalized spacial score (nSPS) is 10.1. The van der Waals surface area contributed by atoms with Crippen molar-refractivity contribution in [3.8, 4) is 0 Å². The van der Waals surface area contributed by atoms with E-state index in [0.717, 1.165) is 17.8 Å². The molecule has 0 bridgehead atoms. The molecule has 1 amide bonds. The number of nitrogens with zero attached hydrogens (tertiary/aromatic N) is 1. The second-order valence-electron chi connectivity index (χ2n) is 4.73. The highest BCUT2D eigenvalue weighted by Gasteiger charge is 2.07. The Hall–Kier alpha value is -2.29. The van der Waals surface area contributed by atoms with Crippen LogP contribution in [0.15, 0.2) is 54.6 Å². The molecule has 3 heteroatoms. The van der Waals surface area contributed by atoms with E-state index in [9.17, 15) is 4.79 Å². The molecule has 0 aliphatic rings. The Morgan fingerprint density at radius 1 is 1.10 bits per heavy atom. The third kappa shape index (κ3) is 3.60. The van der Waals surface area contributed by atoms with Crippen LogP contribution in [0.2, 0.25) is 0 Å². The van der Waals surface area contributed by atoms with Crippen molar-refractivity contribution in [2.75, 3.05) is 18.5 Å². The molecule has 0 atom stereocenters. The Morgan fingerprint density at radius 3 is 2.55 bits per heavy atom. The van der Waals surface area contributed by atoms with Crippen LogP contribution >= 0.6 is 0 Å². The average molecular weight is 268 g/mol. The summed E-state index contributed by atoms with van der Waals surface area (Å²) in [5.41, 5.74) is 2.85. The molecular formula is C17H20N2O. The number of hydrogen-bond donors (Lipinski definition) is 1. The second kappa shape index (κ2) is 6.75. The summed E-state index contributed by atoms with van der Waals surface area (Å²) in [5, 5.41) is 2.94. The zero-order valence-corrected chi connectivity index (χ0v) is 12.0. The number of amides is 1. The van der Waals surface area contributed by atoms with Gasteiger partial charge in [-0.25, -0.2) is 0 Å². The van der Waals surface area contributed by atoms with Crippen molar-refractivity contribution < 1.29 is 4.79 Å². The minimum Gasteiger partial charge on any atom is -0.375 e. The fourth-order valence-corrected chi connectivity index (χ4v) is 1.95. The maximum atomic E-state index is 12.2. The molecule has 0 radical (unpaired) electrons. The van der Waals surface area contributed by atoms with Gasteiger partial charge in [0.05, 0.1) is 0 Å². The molecule has 0 saturated carbocycles. The molecule has 0 spiro atoms. The van der Waals surface area contributed by atoms with Crippen LogP contribution in [-0.4, -0.2) is 19.5 Å². The van der Waals surface area contributed by atoms with E-state index in [2.05, 4.69) is 17.1 Å². The van der Waals surface area contributed by atoms with Crippen LogP contribution in [-0.2, 0) is 6.54 Å². The second-order valence-corrected chi connectivity index (χ2v) is 4.73. The lowest BCUT2D eigenvalue weighted by molar-refractivity contribution is 0.0951. The van der Waals surface area contributed by atoms with Gasteiger partial charge >= 0.3 is 0 Å². The molecular weight excluding hydrogens is 248 g/mol. The first-order chi connectivity index (χ1) is 9.70. The summed E-state index contributed by atoms with van der Waals surface area (Å²) >= 11 is 0. The van der Waals surface area contributed by atoms with E-state index in [1.807, 2.05) is 61.6 Å². The quantitative estimate of drug-likeness (QED) is 0.904. The summed E-state index contributed by atoms with van der Waals surface area (Å²) in [7, 11) is 2.01. The number of benzene rings is 2. The van der Waals surface area contributed by atoms with Crippen LogP contribution in [0.25, 0.3) is 0 Å². The van der Waals surface area contributed by atoms with Crippen molar-refractivity contribution >= 4 is 11.6 Å². The van der Waals surface area contributed by atoms with Gasteiger partial charge in [0.1, 0.15) is 0 Å². The van der Waals surface area contributed by atoms with Crippen LogP contribution in [0.4, 0.5) is 5.69 Å². The van der Waals surface area contributed by atoms with Crippen LogP contribution < -0.4 is 10.2 Å². The van der Waals surface area contributed by atoms with Crippen LogP contribution in [0.1, 0.15) is 22.8 Å². The van der Waals surface area contributed by atoms with E-state index in [4.69, 9.17) is 0 Å². The number of rotatable bonds is 5. The highest BCUT2D eigenvalue weighted by Crippen LogP contribution is 2.14. The summed E-state index contributed by atoms with van der Waals surface area (Å²) in [6, 6.07) is 17.6. The number of hydrogen-bond acceptors (Lipinski definition) is 2. The van der Waals surface area contributed by atoms with Crippen molar-refractivity contribution in [1.82, 2.24) is 5.32 Å². The average Bonchev–Trinajstić information content (AvgIpc) is 2.53. The van der Waals surface area contributed by atoms with Crippen LogP contribution in [0, 0.1) is 0 Å². The Morgan fingerprint density at radius 2 is 1.85 bits per heavy atom. The SMILES string of the molecule is CCN(C)c1cccc(C(=O)NCc2ccccc2)c1. The lowest BCUT2D eigenvalue weighted by Gasteiger charge is -2.17. The smallest absolute Gasteiger partial charge is 0.251 e. The highest BCUT2D eigenvalue weighted by molar-refractivity contribution is 5.95. The molecule has 0 unspecified atom stereocenters. The van der Waals surface area contributed by atoms with Gasteiger partial charge in [-0.15, -0.1) is 0 Å². The standard InChI is InChI=1S/C17H20N2O/c1-3-19(2)16-11-7-10-15(12-16)17(20)18-13-14-8-5-4-6-9-14/h4-12H,3,13H2,1-2H3,(H,18,20). The molecule has 2 aromatic rings. The van der Waals surface area contributed by atoms with Crippen molar-refractivity contribution in [1.29, 1.82) is 0 Å². The van der Waals surface area contributed by atoms with Gasteiger partial charge in [0.15, 0.2) is 0 Å². The highest BCUT2D eigenvalue weighted by atomic mass is 16.1. The fourth-order valence-electron chi connectivity index (χ4n) is 1.95. The van der Waals surface area contributed by atoms with E-state index in [-0.39, 0.29) is 5.91 Å². The summed E-state index contributed by atoms with van der Waals surface area (Å²) < 4.78 is 0. The van der Waals surface area contributed by atoms with Gasteiger partial charge in [0.2, 0.25) is 0 Å².